The molecule has 5 heteroatoms. The van der Waals surface area contributed by atoms with Crippen molar-refractivity contribution in [2.45, 2.75) is 80.1 Å². The number of furan rings is 1. The quantitative estimate of drug-likeness (QED) is 0.121. The van der Waals surface area contributed by atoms with E-state index in [1.807, 2.05) is 12.4 Å². The first-order valence-corrected chi connectivity index (χ1v) is 31.0. The Balaban J connectivity index is 1.11. The summed E-state index contributed by atoms with van der Waals surface area (Å²) in [4.78, 5) is 15.6. The molecule has 0 amide bonds. The first kappa shape index (κ1) is 56.4. The molecule has 14 rings (SSSR count). The Hall–Kier alpha value is -10.4. The maximum Gasteiger partial charge on any atom is 0.146 e. The minimum atomic E-state index is -0.0598. The number of nitrogens with zero attached hydrogens (tertiary/aromatic N) is 4. The highest BCUT2D eigenvalue weighted by atomic mass is 16.3. The zero-order chi connectivity index (χ0) is 61.3. The second kappa shape index (κ2) is 22.4. The summed E-state index contributed by atoms with van der Waals surface area (Å²) in [5, 5.41) is 6.48. The molecule has 0 atom stereocenters. The maximum atomic E-state index is 7.61. The van der Waals surface area contributed by atoms with E-state index in [1.165, 1.54) is 22.3 Å². The number of benzene rings is 11. The first-order chi connectivity index (χ1) is 43.1. The summed E-state index contributed by atoms with van der Waals surface area (Å²) in [7, 11) is 0. The molecule has 3 aromatic heterocycles. The normalized spacial score (nSPS) is 11.9. The molecular weight excluding hydrogens is 1080 g/mol. The van der Waals surface area contributed by atoms with Gasteiger partial charge in [-0.15, -0.1) is 0 Å². The van der Waals surface area contributed by atoms with Crippen molar-refractivity contribution in [3.63, 3.8) is 0 Å². The Morgan fingerprint density at radius 2 is 0.798 bits per heavy atom. The average molecular weight is 1150 g/mol. The van der Waals surface area contributed by atoms with Crippen molar-refractivity contribution >= 4 is 77.9 Å². The Bertz CT molecular complexity index is 5010. The standard InChI is InChI=1S/C84H72N4O/c1-53-47-72(64-31-19-17-25-55(64)3)81(85-51-53)87(61-41-37-59(38-42-61)83(5,6)7)63-45-46-68-71(49-63)66-33-21-22-34-67(66)78(76(68)58-29-15-12-16-30-58)79-70(57-27-13-11-14-28-57)50-74(77-69-35-23-24-36-75(69)89-80(77)79)88(62-43-39-60(40-44-62)84(8,9)10)82-73(48-54(2)52-86-82)65-32-20-18-26-56(65)4/h11-52H,1-10H3. The number of aryl methyl sites for hydroxylation is 4. The highest BCUT2D eigenvalue weighted by Crippen LogP contribution is 2.56. The summed E-state index contributed by atoms with van der Waals surface area (Å²) in [6.07, 6.45) is 4.01. The number of para-hydroxylation sites is 1. The summed E-state index contributed by atoms with van der Waals surface area (Å²) in [5.41, 5.74) is 23.4. The first-order valence-electron chi connectivity index (χ1n) is 31.0. The third-order valence-corrected chi connectivity index (χ3v) is 17.8. The van der Waals surface area contributed by atoms with Crippen molar-refractivity contribution in [2.75, 3.05) is 9.80 Å². The molecule has 0 saturated carbocycles. The molecule has 0 aliphatic heterocycles. The smallest absolute Gasteiger partial charge is 0.146 e. The van der Waals surface area contributed by atoms with Crippen molar-refractivity contribution in [3.05, 3.63) is 288 Å². The fourth-order valence-corrected chi connectivity index (χ4v) is 13.2. The summed E-state index contributed by atoms with van der Waals surface area (Å²) in [6, 6.07) is 88.9. The zero-order valence-corrected chi connectivity index (χ0v) is 52.4. The average Bonchev–Trinajstić information content (AvgIpc) is 1.70. The van der Waals surface area contributed by atoms with Crippen LogP contribution in [0.4, 0.5) is 34.4 Å². The van der Waals surface area contributed by atoms with Crippen molar-refractivity contribution in [3.8, 4) is 55.6 Å². The van der Waals surface area contributed by atoms with E-state index in [0.717, 1.165) is 145 Å². The van der Waals surface area contributed by atoms with Crippen LogP contribution in [0.5, 0.6) is 0 Å². The monoisotopic (exact) mass is 1150 g/mol. The summed E-state index contributed by atoms with van der Waals surface area (Å²) in [5.74, 6) is 1.69. The summed E-state index contributed by atoms with van der Waals surface area (Å²) in [6.45, 7) is 22.3. The van der Waals surface area contributed by atoms with Crippen LogP contribution in [0.15, 0.2) is 259 Å². The van der Waals surface area contributed by atoms with Gasteiger partial charge in [0.05, 0.1) is 11.1 Å². The predicted octanol–water partition coefficient (Wildman–Crippen LogP) is 23.8. The maximum absolute atomic E-state index is 7.61. The predicted molar refractivity (Wildman–Crippen MR) is 377 cm³/mol. The lowest BCUT2D eigenvalue weighted by Crippen LogP contribution is -2.15. The van der Waals surface area contributed by atoms with Crippen LogP contribution in [0.3, 0.4) is 0 Å². The van der Waals surface area contributed by atoms with E-state index in [2.05, 4.69) is 322 Å². The van der Waals surface area contributed by atoms with Gasteiger partial charge < -0.3 is 4.42 Å². The molecule has 3 heterocycles. The van der Waals surface area contributed by atoms with Gasteiger partial charge in [-0.05, 0) is 187 Å². The van der Waals surface area contributed by atoms with Gasteiger partial charge in [0.15, 0.2) is 0 Å². The van der Waals surface area contributed by atoms with Gasteiger partial charge in [-0.3, -0.25) is 9.80 Å². The largest absolute Gasteiger partial charge is 0.455 e. The van der Waals surface area contributed by atoms with Gasteiger partial charge in [-0.1, -0.05) is 224 Å². The molecule has 5 nitrogen and oxygen atoms in total. The topological polar surface area (TPSA) is 45.4 Å². The number of fused-ring (bicyclic) bond motifs is 6. The van der Waals surface area contributed by atoms with E-state index in [-0.39, 0.29) is 10.8 Å². The van der Waals surface area contributed by atoms with Crippen LogP contribution < -0.4 is 9.80 Å². The third kappa shape index (κ3) is 10.2. The number of rotatable bonds is 11. The van der Waals surface area contributed by atoms with E-state index in [0.29, 0.717) is 0 Å². The molecule has 0 radical (unpaired) electrons. The number of anilines is 6. The highest BCUT2D eigenvalue weighted by molar-refractivity contribution is 6.28. The zero-order valence-electron chi connectivity index (χ0n) is 52.4. The fourth-order valence-electron chi connectivity index (χ4n) is 13.2. The third-order valence-electron chi connectivity index (χ3n) is 17.8. The second-order valence-corrected chi connectivity index (χ2v) is 26.0. The van der Waals surface area contributed by atoms with Crippen molar-refractivity contribution in [1.29, 1.82) is 0 Å². The molecule has 0 saturated heterocycles. The number of hydrogen-bond acceptors (Lipinski definition) is 5. The SMILES string of the molecule is Cc1cnc(N(c2ccc(C(C)(C)C)cc2)c2ccc3c(-c4ccccc4)c(-c4c(-c5ccccc5)cc(N(c5ccc(C(C)(C)C)cc5)c5ncc(C)cc5-c5ccccc5C)c5c4oc4ccccc45)c4ccccc4c3c2)c(-c2ccccc2C)c1. The van der Waals surface area contributed by atoms with Crippen LogP contribution in [0.2, 0.25) is 0 Å². The molecular formula is C84H72N4O. The van der Waals surface area contributed by atoms with E-state index in [4.69, 9.17) is 14.4 Å². The van der Waals surface area contributed by atoms with E-state index >= 15 is 0 Å². The van der Waals surface area contributed by atoms with Gasteiger partial charge in [0.25, 0.3) is 0 Å². The van der Waals surface area contributed by atoms with Crippen LogP contribution in [-0.4, -0.2) is 9.97 Å². The molecule has 434 valence electrons. The molecule has 0 aliphatic rings. The lowest BCUT2D eigenvalue weighted by atomic mass is 9.81. The molecule has 89 heavy (non-hydrogen) atoms. The summed E-state index contributed by atoms with van der Waals surface area (Å²) < 4.78 is 7.61. The molecule has 0 spiro atoms. The lowest BCUT2D eigenvalue weighted by Gasteiger charge is -2.30. The molecule has 11 aromatic carbocycles. The van der Waals surface area contributed by atoms with Gasteiger partial charge in [-0.25, -0.2) is 9.97 Å². The number of hydrogen-bond donors (Lipinski definition) is 0. The van der Waals surface area contributed by atoms with Crippen LogP contribution in [-0.2, 0) is 10.8 Å². The second-order valence-electron chi connectivity index (χ2n) is 26.0. The highest BCUT2D eigenvalue weighted by Gasteiger charge is 2.32. The van der Waals surface area contributed by atoms with Crippen LogP contribution in [0.25, 0.3) is 99.1 Å². The van der Waals surface area contributed by atoms with Crippen molar-refractivity contribution in [2.24, 2.45) is 0 Å². The molecule has 0 fully saturated rings. The Kier molecular flexibility index (Phi) is 14.2. The van der Waals surface area contributed by atoms with Crippen LogP contribution >= 0.6 is 0 Å². The molecule has 0 unspecified atom stereocenters. The van der Waals surface area contributed by atoms with Gasteiger partial charge >= 0.3 is 0 Å². The molecule has 0 bridgehead atoms. The summed E-state index contributed by atoms with van der Waals surface area (Å²) >= 11 is 0. The Labute approximate surface area is 523 Å². The fraction of sp³-hybridized carbons (Fsp3) is 0.143. The Morgan fingerprint density at radius 3 is 1.36 bits per heavy atom. The number of aromatic nitrogens is 2. The van der Waals surface area contributed by atoms with Crippen LogP contribution in [0.1, 0.15) is 74.9 Å². The van der Waals surface area contributed by atoms with E-state index in [1.54, 1.807) is 0 Å². The molecule has 0 aliphatic carbocycles. The van der Waals surface area contributed by atoms with Crippen LogP contribution in [0, 0.1) is 27.7 Å². The number of pyridine rings is 2. The molecule has 14 aromatic rings. The van der Waals surface area contributed by atoms with Gasteiger partial charge in [0, 0.05) is 57.1 Å². The van der Waals surface area contributed by atoms with Gasteiger partial charge in [0.2, 0.25) is 0 Å². The van der Waals surface area contributed by atoms with Gasteiger partial charge in [-0.2, -0.15) is 0 Å². The lowest BCUT2D eigenvalue weighted by molar-refractivity contribution is 0.590. The Morgan fingerprint density at radius 1 is 0.337 bits per heavy atom. The minimum absolute atomic E-state index is 0.0268. The van der Waals surface area contributed by atoms with Gasteiger partial charge in [0.1, 0.15) is 22.8 Å². The molecule has 0 N–H and O–H groups in total. The minimum Gasteiger partial charge on any atom is -0.455 e. The van der Waals surface area contributed by atoms with E-state index in [9.17, 15) is 0 Å². The van der Waals surface area contributed by atoms with E-state index < -0.39 is 0 Å². The van der Waals surface area contributed by atoms with Crippen molar-refractivity contribution in [1.82, 2.24) is 9.97 Å². The van der Waals surface area contributed by atoms with Crippen molar-refractivity contribution < 1.29 is 4.42 Å².